The molecular formula is C12H16ClN3O2. The Hall–Kier alpha value is -1.33. The molecule has 1 aromatic rings. The van der Waals surface area contributed by atoms with Crippen LogP contribution in [0.25, 0.3) is 0 Å². The van der Waals surface area contributed by atoms with Gasteiger partial charge < -0.3 is 15.7 Å². The van der Waals surface area contributed by atoms with E-state index in [-0.39, 0.29) is 12.1 Å². The van der Waals surface area contributed by atoms with Crippen molar-refractivity contribution in [1.29, 1.82) is 0 Å². The maximum Gasteiger partial charge on any atom is 0.407 e. The fourth-order valence-electron chi connectivity index (χ4n) is 2.35. The highest BCUT2D eigenvalue weighted by Crippen LogP contribution is 2.20. The second-order valence-electron chi connectivity index (χ2n) is 4.54. The number of pyridine rings is 1. The third kappa shape index (κ3) is 2.91. The summed E-state index contributed by atoms with van der Waals surface area (Å²) in [7, 11) is 0. The number of aromatic nitrogens is 1. The fraction of sp³-hybridized carbons (Fsp3) is 0.500. The van der Waals surface area contributed by atoms with Gasteiger partial charge in [-0.25, -0.2) is 9.78 Å². The number of rotatable bonds is 2. The molecule has 0 spiro atoms. The Morgan fingerprint density at radius 2 is 2.39 bits per heavy atom. The normalized spacial score (nSPS) is 24.0. The average molecular weight is 270 g/mol. The summed E-state index contributed by atoms with van der Waals surface area (Å²) in [5.41, 5.74) is 6.99. The van der Waals surface area contributed by atoms with E-state index in [9.17, 15) is 9.90 Å². The first-order valence-electron chi connectivity index (χ1n) is 5.93. The minimum Gasteiger partial charge on any atom is -0.465 e. The van der Waals surface area contributed by atoms with Gasteiger partial charge in [0.1, 0.15) is 5.15 Å². The topological polar surface area (TPSA) is 79.5 Å². The first-order chi connectivity index (χ1) is 8.58. The molecule has 2 atom stereocenters. The van der Waals surface area contributed by atoms with Gasteiger partial charge in [0.15, 0.2) is 0 Å². The molecule has 1 aromatic heterocycles. The number of nitrogens with two attached hydrogens (primary N) is 1. The molecule has 1 aliphatic heterocycles. The minimum atomic E-state index is -0.905. The molecule has 3 N–H and O–H groups in total. The lowest BCUT2D eigenvalue weighted by atomic mass is 9.92. The summed E-state index contributed by atoms with van der Waals surface area (Å²) < 4.78 is 0. The van der Waals surface area contributed by atoms with Gasteiger partial charge in [-0.05, 0) is 30.9 Å². The Morgan fingerprint density at radius 3 is 3.00 bits per heavy atom. The molecule has 98 valence electrons. The second kappa shape index (κ2) is 5.54. The largest absolute Gasteiger partial charge is 0.465 e. The van der Waals surface area contributed by atoms with Crippen molar-refractivity contribution in [1.82, 2.24) is 9.88 Å². The van der Waals surface area contributed by atoms with Crippen LogP contribution in [0, 0.1) is 0 Å². The standard InChI is InChI=1S/C12H16ClN3O2/c13-11-4-3-8(7-15-11)6-10-9(14)2-1-5-16(10)12(17)18/h3-4,7,9-10H,1-2,5-6,14H2,(H,17,18)/t9-,10-/m0/s1. The molecule has 1 saturated heterocycles. The van der Waals surface area contributed by atoms with Crippen LogP contribution in [0.15, 0.2) is 18.3 Å². The smallest absolute Gasteiger partial charge is 0.407 e. The Morgan fingerprint density at radius 1 is 1.61 bits per heavy atom. The van der Waals surface area contributed by atoms with Crippen LogP contribution in [0.5, 0.6) is 0 Å². The van der Waals surface area contributed by atoms with Crippen molar-refractivity contribution in [3.8, 4) is 0 Å². The van der Waals surface area contributed by atoms with Crippen LogP contribution in [0.4, 0.5) is 4.79 Å². The molecule has 18 heavy (non-hydrogen) atoms. The van der Waals surface area contributed by atoms with Crippen molar-refractivity contribution in [3.05, 3.63) is 29.0 Å². The van der Waals surface area contributed by atoms with E-state index in [1.54, 1.807) is 12.3 Å². The van der Waals surface area contributed by atoms with Crippen molar-refractivity contribution in [2.45, 2.75) is 31.3 Å². The lowest BCUT2D eigenvalue weighted by Crippen LogP contribution is -2.54. The van der Waals surface area contributed by atoms with Gasteiger partial charge in [-0.2, -0.15) is 0 Å². The summed E-state index contributed by atoms with van der Waals surface area (Å²) >= 11 is 5.72. The number of nitrogens with zero attached hydrogens (tertiary/aromatic N) is 2. The van der Waals surface area contributed by atoms with Gasteiger partial charge in [0.2, 0.25) is 0 Å². The van der Waals surface area contributed by atoms with Crippen LogP contribution < -0.4 is 5.73 Å². The summed E-state index contributed by atoms with van der Waals surface area (Å²) in [6.07, 6.45) is 3.02. The molecule has 5 nitrogen and oxygen atoms in total. The molecule has 0 radical (unpaired) electrons. The molecule has 2 rings (SSSR count). The lowest BCUT2D eigenvalue weighted by Gasteiger charge is -2.38. The second-order valence-corrected chi connectivity index (χ2v) is 4.93. The van der Waals surface area contributed by atoms with Gasteiger partial charge in [-0.3, -0.25) is 0 Å². The van der Waals surface area contributed by atoms with Crippen LogP contribution in [0.2, 0.25) is 5.15 Å². The van der Waals surface area contributed by atoms with Crippen LogP contribution in [-0.2, 0) is 6.42 Å². The van der Waals surface area contributed by atoms with Crippen molar-refractivity contribution >= 4 is 17.7 Å². The number of piperidine rings is 1. The van der Waals surface area contributed by atoms with Gasteiger partial charge in [-0.1, -0.05) is 17.7 Å². The number of likely N-dealkylation sites (tertiary alicyclic amines) is 1. The lowest BCUT2D eigenvalue weighted by molar-refractivity contribution is 0.0974. The van der Waals surface area contributed by atoms with Gasteiger partial charge >= 0.3 is 6.09 Å². The Bertz CT molecular complexity index is 424. The maximum absolute atomic E-state index is 11.2. The third-order valence-corrected chi connectivity index (χ3v) is 3.53. The number of hydrogen-bond donors (Lipinski definition) is 2. The number of halogens is 1. The zero-order chi connectivity index (χ0) is 13.1. The molecule has 6 heteroatoms. The molecule has 1 aliphatic rings. The van der Waals surface area contributed by atoms with Gasteiger partial charge in [0.25, 0.3) is 0 Å². The zero-order valence-electron chi connectivity index (χ0n) is 9.92. The fourth-order valence-corrected chi connectivity index (χ4v) is 2.47. The SMILES string of the molecule is N[C@H]1CCCN(C(=O)O)[C@H]1Cc1ccc(Cl)nc1. The van der Waals surface area contributed by atoms with Gasteiger partial charge in [-0.15, -0.1) is 0 Å². The van der Waals surface area contributed by atoms with E-state index in [0.717, 1.165) is 18.4 Å². The number of hydrogen-bond acceptors (Lipinski definition) is 3. The first kappa shape index (κ1) is 13.1. The number of amides is 1. The van der Waals surface area contributed by atoms with Crippen LogP contribution in [0.1, 0.15) is 18.4 Å². The van der Waals surface area contributed by atoms with Crippen LogP contribution >= 0.6 is 11.6 Å². The van der Waals surface area contributed by atoms with Crippen molar-refractivity contribution < 1.29 is 9.90 Å². The summed E-state index contributed by atoms with van der Waals surface area (Å²) in [6, 6.07) is 3.26. The highest BCUT2D eigenvalue weighted by atomic mass is 35.5. The van der Waals surface area contributed by atoms with Gasteiger partial charge in [0, 0.05) is 18.8 Å². The monoisotopic (exact) mass is 269 g/mol. The molecule has 0 aromatic carbocycles. The Labute approximate surface area is 111 Å². The zero-order valence-corrected chi connectivity index (χ0v) is 10.7. The predicted octanol–water partition coefficient (Wildman–Crippen LogP) is 1.75. The highest BCUT2D eigenvalue weighted by Gasteiger charge is 2.32. The van der Waals surface area contributed by atoms with Crippen LogP contribution in [-0.4, -0.2) is 39.7 Å². The summed E-state index contributed by atoms with van der Waals surface area (Å²) in [4.78, 5) is 16.6. The highest BCUT2D eigenvalue weighted by molar-refractivity contribution is 6.29. The van der Waals surface area contributed by atoms with E-state index in [4.69, 9.17) is 17.3 Å². The summed E-state index contributed by atoms with van der Waals surface area (Å²) in [5, 5.41) is 9.61. The van der Waals surface area contributed by atoms with Crippen LogP contribution in [0.3, 0.4) is 0 Å². The van der Waals surface area contributed by atoms with E-state index >= 15 is 0 Å². The summed E-state index contributed by atoms with van der Waals surface area (Å²) in [6.45, 7) is 0.550. The minimum absolute atomic E-state index is 0.120. The van der Waals surface area contributed by atoms with Crippen molar-refractivity contribution in [2.75, 3.05) is 6.54 Å². The molecule has 0 saturated carbocycles. The predicted molar refractivity (Wildman–Crippen MR) is 68.7 cm³/mol. The molecule has 0 unspecified atom stereocenters. The molecule has 2 heterocycles. The van der Waals surface area contributed by atoms with Crippen molar-refractivity contribution in [2.24, 2.45) is 5.73 Å². The molecule has 0 aliphatic carbocycles. The quantitative estimate of drug-likeness (QED) is 0.802. The molecule has 0 bridgehead atoms. The first-order valence-corrected chi connectivity index (χ1v) is 6.31. The third-order valence-electron chi connectivity index (χ3n) is 3.31. The number of carbonyl (C=O) groups is 1. The van der Waals surface area contributed by atoms with E-state index < -0.39 is 6.09 Å². The van der Waals surface area contributed by atoms with Crippen molar-refractivity contribution in [3.63, 3.8) is 0 Å². The van der Waals surface area contributed by atoms with E-state index in [1.807, 2.05) is 6.07 Å². The number of carboxylic acid groups (broad SMARTS) is 1. The van der Waals surface area contributed by atoms with E-state index in [0.29, 0.717) is 18.1 Å². The molecular weight excluding hydrogens is 254 g/mol. The summed E-state index contributed by atoms with van der Waals surface area (Å²) in [5.74, 6) is 0. The maximum atomic E-state index is 11.2. The van der Waals surface area contributed by atoms with E-state index in [2.05, 4.69) is 4.98 Å². The average Bonchev–Trinajstić information content (AvgIpc) is 2.34. The molecule has 1 amide bonds. The van der Waals surface area contributed by atoms with E-state index in [1.165, 1.54) is 4.90 Å². The van der Waals surface area contributed by atoms with Gasteiger partial charge in [0.05, 0.1) is 6.04 Å². The molecule has 1 fully saturated rings. The Balaban J connectivity index is 2.13. The Kier molecular flexibility index (Phi) is 4.04.